The molecule has 0 saturated carbocycles. The summed E-state index contributed by atoms with van der Waals surface area (Å²) in [4.78, 5) is 15.2. The lowest BCUT2D eigenvalue weighted by Crippen LogP contribution is -2.16. The molecule has 68 valence electrons. The first-order chi connectivity index (χ1) is 6.08. The predicted molar refractivity (Wildman–Crippen MR) is 48.8 cm³/mol. The minimum atomic E-state index is -2.36. The van der Waals surface area contributed by atoms with E-state index in [1.807, 2.05) is 0 Å². The van der Waals surface area contributed by atoms with E-state index in [1.165, 1.54) is 12.5 Å². The van der Waals surface area contributed by atoms with Crippen LogP contribution >= 0.6 is 0 Å². The van der Waals surface area contributed by atoms with Crippen LogP contribution in [0.25, 0.3) is 0 Å². The maximum atomic E-state index is 11.6. The number of carbonyl (C=O) groups is 1. The van der Waals surface area contributed by atoms with Crippen LogP contribution in [0.1, 0.15) is 16.1 Å². The molecule has 5 heteroatoms. The number of hydrogen-bond acceptors (Lipinski definition) is 3. The topological polar surface area (TPSA) is 59.4 Å². The van der Waals surface area contributed by atoms with Gasteiger partial charge in [-0.1, -0.05) is 6.07 Å². The van der Waals surface area contributed by atoms with Gasteiger partial charge in [-0.2, -0.15) is 4.36 Å². The van der Waals surface area contributed by atoms with Crippen LogP contribution < -0.4 is 0 Å². The van der Waals surface area contributed by atoms with Crippen molar-refractivity contribution in [3.05, 3.63) is 29.6 Å². The molecule has 1 atom stereocenters. The van der Waals surface area contributed by atoms with Crippen molar-refractivity contribution in [2.45, 2.75) is 5.75 Å². The SMILES string of the molecule is CS1(=O)=NC(=O)c2ncccc2C1. The van der Waals surface area contributed by atoms with Gasteiger partial charge in [-0.25, -0.2) is 4.21 Å². The zero-order chi connectivity index (χ0) is 9.47. The molecule has 0 radical (unpaired) electrons. The largest absolute Gasteiger partial charge is 0.303 e. The second-order valence-corrected chi connectivity index (χ2v) is 5.40. The molecule has 1 amide bonds. The van der Waals surface area contributed by atoms with E-state index in [9.17, 15) is 9.00 Å². The van der Waals surface area contributed by atoms with Crippen LogP contribution in [-0.2, 0) is 15.5 Å². The first-order valence-electron chi connectivity index (χ1n) is 3.76. The Balaban J connectivity index is 2.66. The van der Waals surface area contributed by atoms with E-state index in [0.29, 0.717) is 11.4 Å². The number of fused-ring (bicyclic) bond motifs is 1. The molecule has 1 unspecified atom stereocenters. The van der Waals surface area contributed by atoms with Gasteiger partial charge in [0.25, 0.3) is 0 Å². The number of carbonyl (C=O) groups excluding carboxylic acids is 1. The highest BCUT2D eigenvalue weighted by molar-refractivity contribution is 7.92. The second-order valence-electron chi connectivity index (χ2n) is 3.01. The smallest absolute Gasteiger partial charge is 0.264 e. The van der Waals surface area contributed by atoms with E-state index in [-0.39, 0.29) is 0 Å². The summed E-state index contributed by atoms with van der Waals surface area (Å²) in [5.74, 6) is -0.142. The normalized spacial score (nSPS) is 26.4. The zero-order valence-electron chi connectivity index (χ0n) is 7.06. The molecule has 13 heavy (non-hydrogen) atoms. The molecule has 2 rings (SSSR count). The number of pyridine rings is 1. The summed E-state index contributed by atoms with van der Waals surface area (Å²) in [5.41, 5.74) is 1.07. The number of amides is 1. The van der Waals surface area contributed by atoms with E-state index in [1.54, 1.807) is 12.1 Å². The number of hydrogen-bond donors (Lipinski definition) is 0. The maximum absolute atomic E-state index is 11.6. The van der Waals surface area contributed by atoms with Gasteiger partial charge in [0.2, 0.25) is 0 Å². The van der Waals surface area contributed by atoms with Crippen LogP contribution in [0.3, 0.4) is 0 Å². The van der Waals surface area contributed by atoms with Gasteiger partial charge in [-0.3, -0.25) is 9.78 Å². The fourth-order valence-corrected chi connectivity index (χ4v) is 2.60. The summed E-state index contributed by atoms with van der Waals surface area (Å²) in [6.45, 7) is 0. The average molecular weight is 196 g/mol. The van der Waals surface area contributed by atoms with E-state index in [4.69, 9.17) is 0 Å². The van der Waals surface area contributed by atoms with Crippen LogP contribution in [0.2, 0.25) is 0 Å². The number of rotatable bonds is 0. The highest BCUT2D eigenvalue weighted by Crippen LogP contribution is 2.17. The molecule has 0 aromatic carbocycles. The summed E-state index contributed by atoms with van der Waals surface area (Å²) in [6, 6.07) is 3.49. The third kappa shape index (κ3) is 1.47. The molecule has 0 aliphatic carbocycles. The highest BCUT2D eigenvalue weighted by Gasteiger charge is 2.21. The Hall–Kier alpha value is -1.23. The molecule has 1 aliphatic rings. The summed E-state index contributed by atoms with van der Waals surface area (Å²) < 4.78 is 15.1. The molecule has 1 aromatic heterocycles. The van der Waals surface area contributed by atoms with E-state index in [2.05, 4.69) is 9.35 Å². The van der Waals surface area contributed by atoms with Crippen LogP contribution in [0.15, 0.2) is 22.7 Å². The van der Waals surface area contributed by atoms with Crippen LogP contribution in [0, 0.1) is 0 Å². The summed E-state index contributed by atoms with van der Waals surface area (Å²) >= 11 is 0. The van der Waals surface area contributed by atoms with Crippen molar-refractivity contribution in [2.24, 2.45) is 4.36 Å². The number of aromatic nitrogens is 1. The zero-order valence-corrected chi connectivity index (χ0v) is 7.87. The Morgan fingerprint density at radius 1 is 1.54 bits per heavy atom. The van der Waals surface area contributed by atoms with E-state index < -0.39 is 15.6 Å². The first-order valence-corrected chi connectivity index (χ1v) is 5.86. The molecule has 1 aliphatic heterocycles. The van der Waals surface area contributed by atoms with Crippen LogP contribution in [0.5, 0.6) is 0 Å². The summed E-state index contributed by atoms with van der Waals surface area (Å²) in [6.07, 6.45) is 3.02. The van der Waals surface area contributed by atoms with Gasteiger partial charge in [0.05, 0.1) is 15.5 Å². The quantitative estimate of drug-likeness (QED) is 0.617. The first kappa shape index (κ1) is 8.37. The maximum Gasteiger partial charge on any atom is 0.303 e. The van der Waals surface area contributed by atoms with E-state index in [0.717, 1.165) is 5.56 Å². The Bertz CT molecular complexity index is 487. The van der Waals surface area contributed by atoms with Gasteiger partial charge >= 0.3 is 5.91 Å². The Labute approximate surface area is 76.2 Å². The third-order valence-electron chi connectivity index (χ3n) is 1.79. The van der Waals surface area contributed by atoms with Crippen molar-refractivity contribution in [1.29, 1.82) is 0 Å². The fourth-order valence-electron chi connectivity index (χ4n) is 1.29. The molecule has 0 bridgehead atoms. The predicted octanol–water partition coefficient (Wildman–Crippen LogP) is 0.833. The molecular weight excluding hydrogens is 188 g/mol. The Kier molecular flexibility index (Phi) is 1.69. The van der Waals surface area contributed by atoms with Gasteiger partial charge in [0.15, 0.2) is 0 Å². The Morgan fingerprint density at radius 3 is 3.08 bits per heavy atom. The molecule has 0 saturated heterocycles. The molecule has 0 N–H and O–H groups in total. The highest BCUT2D eigenvalue weighted by atomic mass is 32.2. The average Bonchev–Trinajstić information content (AvgIpc) is 2.02. The molecule has 2 heterocycles. The minimum absolute atomic E-state index is 0.321. The second kappa shape index (κ2) is 2.63. The molecule has 4 nitrogen and oxygen atoms in total. The van der Waals surface area contributed by atoms with Gasteiger partial charge in [0, 0.05) is 12.5 Å². The Morgan fingerprint density at radius 2 is 2.31 bits per heavy atom. The van der Waals surface area contributed by atoms with Crippen LogP contribution in [-0.4, -0.2) is 21.4 Å². The lowest BCUT2D eigenvalue weighted by molar-refractivity contribution is 0.0998. The van der Waals surface area contributed by atoms with Gasteiger partial charge in [-0.15, -0.1) is 0 Å². The minimum Gasteiger partial charge on any atom is -0.264 e. The van der Waals surface area contributed by atoms with Crippen LogP contribution in [0.4, 0.5) is 0 Å². The molecular formula is C8H8N2O2S. The van der Waals surface area contributed by atoms with Crippen molar-refractivity contribution >= 4 is 15.6 Å². The molecule has 0 fully saturated rings. The standard InChI is InChI=1S/C8H8N2O2S/c1-13(12)5-6-3-2-4-9-7(6)8(11)10-13/h2-4H,5H2,1H3. The van der Waals surface area contributed by atoms with Crippen molar-refractivity contribution in [1.82, 2.24) is 4.98 Å². The third-order valence-corrected chi connectivity index (χ3v) is 3.19. The van der Waals surface area contributed by atoms with Crippen molar-refractivity contribution < 1.29 is 9.00 Å². The summed E-state index contributed by atoms with van der Waals surface area (Å²) in [5, 5.41) is 0. The molecule has 0 spiro atoms. The monoisotopic (exact) mass is 196 g/mol. The van der Waals surface area contributed by atoms with Gasteiger partial charge in [0.1, 0.15) is 5.69 Å². The van der Waals surface area contributed by atoms with Gasteiger partial charge in [-0.05, 0) is 11.6 Å². The summed E-state index contributed by atoms with van der Waals surface area (Å²) in [7, 11) is -2.36. The lowest BCUT2D eigenvalue weighted by Gasteiger charge is -2.11. The number of nitrogens with zero attached hydrogens (tertiary/aromatic N) is 2. The van der Waals surface area contributed by atoms with Crippen molar-refractivity contribution in [3.8, 4) is 0 Å². The fraction of sp³-hybridized carbons (Fsp3) is 0.250. The van der Waals surface area contributed by atoms with Crippen molar-refractivity contribution in [3.63, 3.8) is 0 Å². The molecule has 1 aromatic rings. The van der Waals surface area contributed by atoms with Crippen molar-refractivity contribution in [2.75, 3.05) is 6.26 Å². The van der Waals surface area contributed by atoms with Gasteiger partial charge < -0.3 is 0 Å². The van der Waals surface area contributed by atoms with E-state index >= 15 is 0 Å². The lowest BCUT2D eigenvalue weighted by atomic mass is 10.2.